The van der Waals surface area contributed by atoms with Gasteiger partial charge in [0.1, 0.15) is 5.75 Å². The fourth-order valence-corrected chi connectivity index (χ4v) is 4.59. The van der Waals surface area contributed by atoms with Crippen molar-refractivity contribution in [3.63, 3.8) is 0 Å². The van der Waals surface area contributed by atoms with Crippen LogP contribution >= 0.6 is 11.6 Å². The molecule has 0 spiro atoms. The van der Waals surface area contributed by atoms with Gasteiger partial charge in [0.05, 0.1) is 13.2 Å². The molecule has 0 saturated carbocycles. The van der Waals surface area contributed by atoms with E-state index in [0.717, 1.165) is 43.2 Å². The minimum Gasteiger partial charge on any atom is -0.496 e. The molecule has 4 heteroatoms. The van der Waals surface area contributed by atoms with Crippen LogP contribution in [0.5, 0.6) is 5.75 Å². The van der Waals surface area contributed by atoms with Crippen molar-refractivity contribution in [2.45, 2.75) is 57.6 Å². The molecule has 1 saturated heterocycles. The van der Waals surface area contributed by atoms with E-state index in [-0.39, 0.29) is 17.6 Å². The molecule has 1 aliphatic rings. The number of methoxy groups -OCH3 is 1. The highest BCUT2D eigenvalue weighted by Gasteiger charge is 2.40. The van der Waals surface area contributed by atoms with Gasteiger partial charge in [-0.05, 0) is 62.4 Å². The van der Waals surface area contributed by atoms with E-state index in [4.69, 9.17) is 21.1 Å². The Morgan fingerprint density at radius 1 is 1.14 bits per heavy atom. The van der Waals surface area contributed by atoms with Crippen LogP contribution in [-0.2, 0) is 10.2 Å². The van der Waals surface area contributed by atoms with E-state index in [9.17, 15) is 0 Å². The summed E-state index contributed by atoms with van der Waals surface area (Å²) in [6.07, 6.45) is 3.38. The zero-order valence-corrected chi connectivity index (χ0v) is 18.8. The molecule has 0 radical (unpaired) electrons. The maximum Gasteiger partial charge on any atom is 0.122 e. The lowest BCUT2D eigenvalue weighted by molar-refractivity contribution is -0.0474. The highest BCUT2D eigenvalue weighted by atomic mass is 35.5. The van der Waals surface area contributed by atoms with Gasteiger partial charge in [-0.2, -0.15) is 0 Å². The summed E-state index contributed by atoms with van der Waals surface area (Å²) in [7, 11) is 1.77. The van der Waals surface area contributed by atoms with Crippen LogP contribution in [-0.4, -0.2) is 26.4 Å². The van der Waals surface area contributed by atoms with Gasteiger partial charge in [0.15, 0.2) is 0 Å². The molecule has 1 fully saturated rings. The molecule has 1 N–H and O–H groups in total. The Bertz CT molecular complexity index is 777. The molecule has 3 unspecified atom stereocenters. The zero-order valence-electron chi connectivity index (χ0n) is 18.1. The quantitative estimate of drug-likeness (QED) is 0.559. The number of ether oxygens (including phenoxy) is 2. The maximum absolute atomic E-state index is 6.12. The molecular formula is C25H34ClNO2. The second-order valence-electron chi connectivity index (χ2n) is 8.57. The Morgan fingerprint density at radius 2 is 1.86 bits per heavy atom. The number of rotatable bonds is 8. The Balaban J connectivity index is 1.77. The Hall–Kier alpha value is -1.55. The average molecular weight is 416 g/mol. The first kappa shape index (κ1) is 22.1. The topological polar surface area (TPSA) is 30.5 Å². The molecule has 1 heterocycles. The van der Waals surface area contributed by atoms with Crippen molar-refractivity contribution < 1.29 is 9.47 Å². The van der Waals surface area contributed by atoms with Crippen molar-refractivity contribution in [3.8, 4) is 5.75 Å². The molecule has 0 aromatic heterocycles. The Labute approximate surface area is 180 Å². The zero-order chi connectivity index (χ0) is 20.9. The molecule has 3 rings (SSSR count). The predicted molar refractivity (Wildman–Crippen MR) is 121 cm³/mol. The van der Waals surface area contributed by atoms with Gasteiger partial charge in [-0.15, -0.1) is 0 Å². The van der Waals surface area contributed by atoms with E-state index in [1.54, 1.807) is 7.11 Å². The summed E-state index contributed by atoms with van der Waals surface area (Å²) < 4.78 is 11.9. The number of hydrogen-bond donors (Lipinski definition) is 1. The van der Waals surface area contributed by atoms with Crippen LogP contribution in [0.25, 0.3) is 0 Å². The van der Waals surface area contributed by atoms with Crippen LogP contribution in [0, 0.1) is 5.92 Å². The normalized spacial score (nSPS) is 23.2. The molecule has 0 bridgehead atoms. The summed E-state index contributed by atoms with van der Waals surface area (Å²) in [4.78, 5) is 0. The van der Waals surface area contributed by atoms with Crippen molar-refractivity contribution >= 4 is 11.6 Å². The van der Waals surface area contributed by atoms with Gasteiger partial charge in [0.2, 0.25) is 0 Å². The Morgan fingerprint density at radius 3 is 2.55 bits per heavy atom. The standard InChI is InChI=1S/C25H34ClNO2/c1-18(2)24-17-25(14-16-29-24,22-7-5-6-8-23(22)28-4)13-15-27-19(3)20-9-11-21(26)12-10-20/h5-12,18-19,24,27H,13-17H2,1-4H3. The summed E-state index contributed by atoms with van der Waals surface area (Å²) in [6, 6.07) is 16.9. The van der Waals surface area contributed by atoms with Gasteiger partial charge in [-0.1, -0.05) is 55.8 Å². The first-order valence-electron chi connectivity index (χ1n) is 10.7. The van der Waals surface area contributed by atoms with E-state index in [2.05, 4.69) is 62.5 Å². The third-order valence-corrected chi connectivity index (χ3v) is 6.60. The molecule has 3 nitrogen and oxygen atoms in total. The SMILES string of the molecule is COc1ccccc1C1(CCNC(C)c2ccc(Cl)cc2)CCOC(C(C)C)C1. The van der Waals surface area contributed by atoms with Crippen LogP contribution in [0.1, 0.15) is 57.2 Å². The van der Waals surface area contributed by atoms with Gasteiger partial charge >= 0.3 is 0 Å². The molecule has 158 valence electrons. The number of halogens is 1. The van der Waals surface area contributed by atoms with Crippen LogP contribution in [0.4, 0.5) is 0 Å². The van der Waals surface area contributed by atoms with Crippen molar-refractivity contribution in [3.05, 3.63) is 64.7 Å². The monoisotopic (exact) mass is 415 g/mol. The van der Waals surface area contributed by atoms with E-state index in [0.29, 0.717) is 5.92 Å². The average Bonchev–Trinajstić information content (AvgIpc) is 2.74. The van der Waals surface area contributed by atoms with E-state index < -0.39 is 0 Å². The summed E-state index contributed by atoms with van der Waals surface area (Å²) in [6.45, 7) is 8.45. The lowest BCUT2D eigenvalue weighted by Crippen LogP contribution is -2.43. The smallest absolute Gasteiger partial charge is 0.122 e. The van der Waals surface area contributed by atoms with Gasteiger partial charge < -0.3 is 14.8 Å². The summed E-state index contributed by atoms with van der Waals surface area (Å²) >= 11 is 6.03. The third-order valence-electron chi connectivity index (χ3n) is 6.35. The van der Waals surface area contributed by atoms with Crippen molar-refractivity contribution in [1.29, 1.82) is 0 Å². The van der Waals surface area contributed by atoms with Crippen molar-refractivity contribution in [1.82, 2.24) is 5.32 Å². The number of para-hydroxylation sites is 1. The molecule has 3 atom stereocenters. The summed E-state index contributed by atoms with van der Waals surface area (Å²) in [5.74, 6) is 1.49. The highest BCUT2D eigenvalue weighted by molar-refractivity contribution is 6.30. The third kappa shape index (κ3) is 5.33. The molecule has 1 aliphatic heterocycles. The molecule has 2 aromatic carbocycles. The molecule has 2 aromatic rings. The fraction of sp³-hybridized carbons (Fsp3) is 0.520. The fourth-order valence-electron chi connectivity index (χ4n) is 4.47. The second-order valence-corrected chi connectivity index (χ2v) is 9.00. The predicted octanol–water partition coefficient (Wildman–Crippen LogP) is 6.16. The molecule has 29 heavy (non-hydrogen) atoms. The second kappa shape index (κ2) is 9.97. The van der Waals surface area contributed by atoms with Gasteiger partial charge in [-0.3, -0.25) is 0 Å². The highest BCUT2D eigenvalue weighted by Crippen LogP contribution is 2.45. The number of benzene rings is 2. The maximum atomic E-state index is 6.12. The Kier molecular flexibility index (Phi) is 7.61. The van der Waals surface area contributed by atoms with Gasteiger partial charge in [0, 0.05) is 28.6 Å². The van der Waals surface area contributed by atoms with Gasteiger partial charge in [-0.25, -0.2) is 0 Å². The lowest BCUT2D eigenvalue weighted by Gasteiger charge is -2.43. The van der Waals surface area contributed by atoms with E-state index in [1.807, 2.05) is 12.1 Å². The van der Waals surface area contributed by atoms with E-state index >= 15 is 0 Å². The largest absolute Gasteiger partial charge is 0.496 e. The summed E-state index contributed by atoms with van der Waals surface area (Å²) in [5, 5.41) is 4.49. The number of nitrogens with one attached hydrogen (secondary N) is 1. The minimum atomic E-state index is 0.0620. The van der Waals surface area contributed by atoms with Gasteiger partial charge in [0.25, 0.3) is 0 Å². The van der Waals surface area contributed by atoms with Crippen LogP contribution in [0.15, 0.2) is 48.5 Å². The van der Waals surface area contributed by atoms with Crippen LogP contribution in [0.2, 0.25) is 5.02 Å². The summed E-state index contributed by atoms with van der Waals surface area (Å²) in [5.41, 5.74) is 2.64. The minimum absolute atomic E-state index is 0.0620. The van der Waals surface area contributed by atoms with Crippen molar-refractivity contribution in [2.24, 2.45) is 5.92 Å². The van der Waals surface area contributed by atoms with Crippen LogP contribution in [0.3, 0.4) is 0 Å². The first-order valence-corrected chi connectivity index (χ1v) is 11.1. The molecule has 0 amide bonds. The molecule has 0 aliphatic carbocycles. The lowest BCUT2D eigenvalue weighted by atomic mass is 9.68. The number of hydrogen-bond acceptors (Lipinski definition) is 3. The van der Waals surface area contributed by atoms with Crippen molar-refractivity contribution in [2.75, 3.05) is 20.3 Å². The first-order chi connectivity index (χ1) is 13.9. The molecular weight excluding hydrogens is 382 g/mol. The van der Waals surface area contributed by atoms with E-state index in [1.165, 1.54) is 11.1 Å². The van der Waals surface area contributed by atoms with Crippen LogP contribution < -0.4 is 10.1 Å².